The Morgan fingerprint density at radius 3 is 2.63 bits per heavy atom. The molecule has 1 aromatic rings. The van der Waals surface area contributed by atoms with E-state index in [4.69, 9.17) is 0 Å². The van der Waals surface area contributed by atoms with Gasteiger partial charge in [-0.3, -0.25) is 4.79 Å². The largest absolute Gasteiger partial charge is 0.331 e. The summed E-state index contributed by atoms with van der Waals surface area (Å²) in [4.78, 5) is 27.2. The minimum Gasteiger partial charge on any atom is -0.331 e. The fourth-order valence-electron chi connectivity index (χ4n) is 2.48. The summed E-state index contributed by atoms with van der Waals surface area (Å²) in [6.45, 7) is 0.535. The Hall–Kier alpha value is -1.84. The molecule has 0 aliphatic carbocycles. The van der Waals surface area contributed by atoms with Crippen LogP contribution in [0.25, 0.3) is 0 Å². The van der Waals surface area contributed by atoms with Crippen molar-refractivity contribution < 1.29 is 9.59 Å². The molecule has 1 aliphatic heterocycles. The van der Waals surface area contributed by atoms with Crippen molar-refractivity contribution in [2.45, 2.75) is 25.3 Å². The molecule has 0 N–H and O–H groups in total. The van der Waals surface area contributed by atoms with Gasteiger partial charge in [-0.25, -0.2) is 4.79 Å². The van der Waals surface area contributed by atoms with Crippen LogP contribution in [0, 0.1) is 0 Å². The highest BCUT2D eigenvalue weighted by Crippen LogP contribution is 2.19. The molecule has 1 fully saturated rings. The van der Waals surface area contributed by atoms with Crippen molar-refractivity contribution in [1.82, 2.24) is 9.80 Å². The molecule has 1 heterocycles. The number of ketones is 1. The average molecular weight is 260 g/mol. The second-order valence-electron chi connectivity index (χ2n) is 5.21. The molecular weight excluding hydrogens is 240 g/mol. The van der Waals surface area contributed by atoms with Gasteiger partial charge in [0.15, 0.2) is 0 Å². The first-order valence-electron chi connectivity index (χ1n) is 6.61. The zero-order valence-corrected chi connectivity index (χ0v) is 11.5. The number of rotatable bonds is 2. The van der Waals surface area contributed by atoms with Crippen LogP contribution in [0.5, 0.6) is 0 Å². The van der Waals surface area contributed by atoms with Crippen molar-refractivity contribution in [2.75, 3.05) is 20.6 Å². The molecule has 1 atom stereocenters. The summed E-state index contributed by atoms with van der Waals surface area (Å²) in [5.74, 6) is 0.253. The van der Waals surface area contributed by atoms with Crippen LogP contribution >= 0.6 is 0 Å². The summed E-state index contributed by atoms with van der Waals surface area (Å²) in [5, 5.41) is 0. The van der Waals surface area contributed by atoms with Crippen LogP contribution in [0.4, 0.5) is 4.79 Å². The molecule has 2 amide bonds. The predicted molar refractivity (Wildman–Crippen MR) is 74.0 cm³/mol. The van der Waals surface area contributed by atoms with E-state index in [1.54, 1.807) is 19.0 Å². The van der Waals surface area contributed by atoms with E-state index in [1.165, 1.54) is 5.56 Å². The van der Waals surface area contributed by atoms with E-state index < -0.39 is 0 Å². The zero-order valence-electron chi connectivity index (χ0n) is 11.5. The smallest absolute Gasteiger partial charge is 0.319 e. The Labute approximate surface area is 114 Å². The summed E-state index contributed by atoms with van der Waals surface area (Å²) >= 11 is 0. The van der Waals surface area contributed by atoms with Crippen LogP contribution in [0.1, 0.15) is 18.4 Å². The number of amides is 2. The topological polar surface area (TPSA) is 40.6 Å². The van der Waals surface area contributed by atoms with Crippen molar-refractivity contribution in [3.8, 4) is 0 Å². The lowest BCUT2D eigenvalue weighted by Crippen LogP contribution is -2.51. The van der Waals surface area contributed by atoms with E-state index in [9.17, 15) is 9.59 Å². The van der Waals surface area contributed by atoms with E-state index in [0.29, 0.717) is 19.4 Å². The van der Waals surface area contributed by atoms with Crippen LogP contribution < -0.4 is 0 Å². The maximum absolute atomic E-state index is 12.1. The number of urea groups is 1. The van der Waals surface area contributed by atoms with Gasteiger partial charge in [-0.15, -0.1) is 0 Å². The molecule has 0 aromatic heterocycles. The molecule has 0 bridgehead atoms. The highest BCUT2D eigenvalue weighted by atomic mass is 16.2. The number of likely N-dealkylation sites (tertiary alicyclic amines) is 1. The number of hydrogen-bond donors (Lipinski definition) is 0. The molecule has 19 heavy (non-hydrogen) atoms. The van der Waals surface area contributed by atoms with Crippen LogP contribution in [0.3, 0.4) is 0 Å². The highest BCUT2D eigenvalue weighted by Gasteiger charge is 2.31. The first-order chi connectivity index (χ1) is 9.08. The van der Waals surface area contributed by atoms with Crippen molar-refractivity contribution in [1.29, 1.82) is 0 Å². The fourth-order valence-corrected chi connectivity index (χ4v) is 2.48. The summed E-state index contributed by atoms with van der Waals surface area (Å²) in [5.41, 5.74) is 1.17. The Morgan fingerprint density at radius 1 is 1.32 bits per heavy atom. The molecule has 2 rings (SSSR count). The molecule has 102 valence electrons. The third-order valence-corrected chi connectivity index (χ3v) is 3.48. The number of hydrogen-bond acceptors (Lipinski definition) is 2. The first kappa shape index (κ1) is 13.6. The Morgan fingerprint density at radius 2 is 2.00 bits per heavy atom. The fraction of sp³-hybridized carbons (Fsp3) is 0.467. The number of benzene rings is 1. The maximum atomic E-state index is 12.1. The Kier molecular flexibility index (Phi) is 4.20. The number of piperidine rings is 1. The van der Waals surface area contributed by atoms with Gasteiger partial charge in [0.05, 0.1) is 0 Å². The quantitative estimate of drug-likeness (QED) is 0.815. The molecule has 4 nitrogen and oxygen atoms in total. The summed E-state index contributed by atoms with van der Waals surface area (Å²) < 4.78 is 0. The van der Waals surface area contributed by atoms with Crippen LogP contribution in [0.15, 0.2) is 30.3 Å². The number of nitrogens with zero attached hydrogens (tertiary/aromatic N) is 2. The highest BCUT2D eigenvalue weighted by molar-refractivity contribution is 5.83. The third kappa shape index (κ3) is 3.34. The normalized spacial score (nSPS) is 19.4. The van der Waals surface area contributed by atoms with Crippen LogP contribution in [-0.4, -0.2) is 48.3 Å². The third-order valence-electron chi connectivity index (χ3n) is 3.48. The molecule has 4 heteroatoms. The standard InChI is InChI=1S/C15H20N2O2/c1-16(2)15(19)17-9-8-14(18)11-13(17)10-12-6-4-3-5-7-12/h3-7,13H,8-11H2,1-2H3. The Bertz CT molecular complexity index is 456. The second kappa shape index (κ2) is 5.87. The Balaban J connectivity index is 2.13. The minimum absolute atomic E-state index is 0.00608. The summed E-state index contributed by atoms with van der Waals surface area (Å²) in [7, 11) is 3.50. The number of carbonyl (C=O) groups excluding carboxylic acids is 2. The van der Waals surface area contributed by atoms with Crippen LogP contribution in [-0.2, 0) is 11.2 Å². The van der Waals surface area contributed by atoms with E-state index in [1.807, 2.05) is 35.2 Å². The average Bonchev–Trinajstić information content (AvgIpc) is 2.39. The van der Waals surface area contributed by atoms with Crippen LogP contribution in [0.2, 0.25) is 0 Å². The molecular formula is C15H20N2O2. The van der Waals surface area contributed by atoms with Crippen molar-refractivity contribution in [3.05, 3.63) is 35.9 Å². The molecule has 0 spiro atoms. The zero-order chi connectivity index (χ0) is 13.8. The lowest BCUT2D eigenvalue weighted by atomic mass is 9.95. The maximum Gasteiger partial charge on any atom is 0.319 e. The predicted octanol–water partition coefficient (Wildman–Crippen LogP) is 1.94. The monoisotopic (exact) mass is 260 g/mol. The van der Waals surface area contributed by atoms with Crippen molar-refractivity contribution in [2.24, 2.45) is 0 Å². The van der Waals surface area contributed by atoms with Gasteiger partial charge in [0, 0.05) is 39.5 Å². The van der Waals surface area contributed by atoms with Crippen molar-refractivity contribution >= 4 is 11.8 Å². The summed E-state index contributed by atoms with van der Waals surface area (Å²) in [6, 6.07) is 10.00. The molecule has 0 radical (unpaired) electrons. The van der Waals surface area contributed by atoms with E-state index in [-0.39, 0.29) is 17.9 Å². The van der Waals surface area contributed by atoms with Gasteiger partial charge in [0.25, 0.3) is 0 Å². The molecule has 1 aromatic carbocycles. The molecule has 1 saturated heterocycles. The number of carbonyl (C=O) groups is 2. The van der Waals surface area contributed by atoms with Gasteiger partial charge in [-0.05, 0) is 12.0 Å². The lowest BCUT2D eigenvalue weighted by molar-refractivity contribution is -0.122. The van der Waals surface area contributed by atoms with Gasteiger partial charge in [-0.2, -0.15) is 0 Å². The van der Waals surface area contributed by atoms with Gasteiger partial charge in [0.2, 0.25) is 0 Å². The lowest BCUT2D eigenvalue weighted by Gasteiger charge is -2.36. The van der Waals surface area contributed by atoms with E-state index in [2.05, 4.69) is 0 Å². The minimum atomic E-state index is -0.0152. The van der Waals surface area contributed by atoms with Gasteiger partial charge >= 0.3 is 6.03 Å². The SMILES string of the molecule is CN(C)C(=O)N1CCC(=O)CC1Cc1ccccc1. The van der Waals surface area contributed by atoms with Gasteiger partial charge < -0.3 is 9.80 Å². The molecule has 1 aliphatic rings. The first-order valence-corrected chi connectivity index (χ1v) is 6.61. The number of Topliss-reactive ketones (excluding diaryl/α,β-unsaturated/α-hetero) is 1. The molecule has 1 unspecified atom stereocenters. The van der Waals surface area contributed by atoms with Gasteiger partial charge in [-0.1, -0.05) is 30.3 Å². The van der Waals surface area contributed by atoms with Crippen molar-refractivity contribution in [3.63, 3.8) is 0 Å². The molecule has 0 saturated carbocycles. The van der Waals surface area contributed by atoms with E-state index in [0.717, 1.165) is 6.42 Å². The van der Waals surface area contributed by atoms with E-state index >= 15 is 0 Å². The second-order valence-corrected chi connectivity index (χ2v) is 5.21. The summed E-state index contributed by atoms with van der Waals surface area (Å²) in [6.07, 6.45) is 1.69. The van der Waals surface area contributed by atoms with Gasteiger partial charge in [0.1, 0.15) is 5.78 Å².